The molecule has 3 aromatic carbocycles. The first-order chi connectivity index (χ1) is 16.5. The number of ether oxygens (including phenoxy) is 1. The van der Waals surface area contributed by atoms with Crippen LogP contribution in [0, 0.1) is 3.57 Å². The van der Waals surface area contributed by atoms with Crippen molar-refractivity contribution in [2.24, 2.45) is 4.99 Å². The van der Waals surface area contributed by atoms with Gasteiger partial charge in [0, 0.05) is 40.5 Å². The van der Waals surface area contributed by atoms with Crippen molar-refractivity contribution in [1.29, 1.82) is 0 Å². The zero-order chi connectivity index (χ0) is 23.9. The maximum atomic E-state index is 13.0. The highest BCUT2D eigenvalue weighted by Crippen LogP contribution is 2.27. The van der Waals surface area contributed by atoms with Crippen molar-refractivity contribution >= 4 is 51.6 Å². The molecule has 3 amide bonds. The number of halogens is 1. The normalized spacial score (nSPS) is 14.9. The molecule has 0 saturated heterocycles. The molecule has 0 spiro atoms. The van der Waals surface area contributed by atoms with Crippen LogP contribution in [0.15, 0.2) is 77.8 Å². The van der Waals surface area contributed by atoms with Gasteiger partial charge in [-0.15, -0.1) is 0 Å². The van der Waals surface area contributed by atoms with E-state index in [2.05, 4.69) is 38.5 Å². The molecule has 1 aliphatic heterocycles. The molecule has 7 nitrogen and oxygen atoms in total. The van der Waals surface area contributed by atoms with Gasteiger partial charge in [-0.3, -0.25) is 9.79 Å². The number of nitrogens with one attached hydrogen (secondary N) is 3. The molecule has 1 heterocycles. The average molecular weight is 568 g/mol. The van der Waals surface area contributed by atoms with Crippen LogP contribution in [0.5, 0.6) is 0 Å². The molecule has 8 heteroatoms. The smallest absolute Gasteiger partial charge is 0.319 e. The Labute approximate surface area is 212 Å². The Kier molecular flexibility index (Phi) is 7.91. The Balaban J connectivity index is 1.64. The molecular formula is C26H25IN4O3. The molecule has 0 radical (unpaired) electrons. The van der Waals surface area contributed by atoms with Crippen LogP contribution in [-0.4, -0.2) is 44.0 Å². The molecule has 0 fully saturated rings. The summed E-state index contributed by atoms with van der Waals surface area (Å²) in [6.07, 6.45) is 0.503. The molecule has 0 saturated carbocycles. The maximum absolute atomic E-state index is 13.0. The molecule has 1 atom stereocenters. The van der Waals surface area contributed by atoms with Crippen LogP contribution in [0.4, 0.5) is 16.2 Å². The van der Waals surface area contributed by atoms with Crippen molar-refractivity contribution in [3.05, 3.63) is 93.1 Å². The number of aliphatic imine (C=N–C) groups is 1. The molecule has 34 heavy (non-hydrogen) atoms. The summed E-state index contributed by atoms with van der Waals surface area (Å²) < 4.78 is 5.99. The Morgan fingerprint density at radius 3 is 2.59 bits per heavy atom. The third kappa shape index (κ3) is 6.00. The maximum Gasteiger partial charge on any atom is 0.319 e. The number of benzodiazepines with no additional fused rings is 1. The molecule has 1 unspecified atom stereocenters. The summed E-state index contributed by atoms with van der Waals surface area (Å²) >= 11 is 2.26. The molecule has 1 aliphatic rings. The number of anilines is 2. The summed E-state index contributed by atoms with van der Waals surface area (Å²) in [6.45, 7) is 0.873. The second-order valence-electron chi connectivity index (χ2n) is 7.81. The molecule has 0 aliphatic carbocycles. The van der Waals surface area contributed by atoms with Crippen molar-refractivity contribution in [3.8, 4) is 0 Å². The highest BCUT2D eigenvalue weighted by atomic mass is 127. The van der Waals surface area contributed by atoms with Gasteiger partial charge in [0.2, 0.25) is 5.91 Å². The minimum Gasteiger partial charge on any atom is -0.383 e. The van der Waals surface area contributed by atoms with Crippen molar-refractivity contribution < 1.29 is 14.3 Å². The fourth-order valence-electron chi connectivity index (χ4n) is 3.68. The number of hydrogen-bond acceptors (Lipinski definition) is 4. The SMILES string of the molecule is COCCNC(=O)Nc1ccc(C2=NC(Cc3ccccc3)C(=O)Nc3ccc(I)cc32)cc1. The topological polar surface area (TPSA) is 91.8 Å². The van der Waals surface area contributed by atoms with E-state index >= 15 is 0 Å². The number of hydrogen-bond donors (Lipinski definition) is 3. The van der Waals surface area contributed by atoms with Crippen LogP contribution in [0.25, 0.3) is 0 Å². The number of benzene rings is 3. The third-order valence-electron chi connectivity index (χ3n) is 5.36. The summed E-state index contributed by atoms with van der Waals surface area (Å²) in [5.74, 6) is -0.132. The van der Waals surface area contributed by atoms with E-state index < -0.39 is 6.04 Å². The first kappa shape index (κ1) is 23.9. The van der Waals surface area contributed by atoms with E-state index in [9.17, 15) is 9.59 Å². The first-order valence-corrected chi connectivity index (χ1v) is 12.0. The van der Waals surface area contributed by atoms with Gasteiger partial charge in [0.1, 0.15) is 6.04 Å². The zero-order valence-electron chi connectivity index (χ0n) is 18.7. The van der Waals surface area contributed by atoms with E-state index in [-0.39, 0.29) is 11.9 Å². The molecule has 0 bridgehead atoms. The second-order valence-corrected chi connectivity index (χ2v) is 9.06. The number of amides is 3. The van der Waals surface area contributed by atoms with Crippen molar-refractivity contribution in [2.45, 2.75) is 12.5 Å². The lowest BCUT2D eigenvalue weighted by atomic mass is 10.00. The first-order valence-electron chi connectivity index (χ1n) is 10.9. The fraction of sp³-hybridized carbons (Fsp3) is 0.192. The fourth-order valence-corrected chi connectivity index (χ4v) is 4.17. The number of carbonyl (C=O) groups excluding carboxylic acids is 2. The summed E-state index contributed by atoms with van der Waals surface area (Å²) in [6, 6.07) is 22.4. The minimum absolute atomic E-state index is 0.132. The predicted octanol–water partition coefficient (Wildman–Crippen LogP) is 4.46. The Hall–Kier alpha value is -3.24. The van der Waals surface area contributed by atoms with Gasteiger partial charge in [0.05, 0.1) is 18.0 Å². The lowest BCUT2D eigenvalue weighted by Crippen LogP contribution is -2.31. The number of carbonyl (C=O) groups is 2. The number of methoxy groups -OCH3 is 1. The highest BCUT2D eigenvalue weighted by Gasteiger charge is 2.26. The summed E-state index contributed by atoms with van der Waals surface area (Å²) in [7, 11) is 1.58. The van der Waals surface area contributed by atoms with Gasteiger partial charge in [-0.25, -0.2) is 4.79 Å². The van der Waals surface area contributed by atoms with E-state index in [1.807, 2.05) is 72.8 Å². The predicted molar refractivity (Wildman–Crippen MR) is 143 cm³/mol. The summed E-state index contributed by atoms with van der Waals surface area (Å²) in [5, 5.41) is 8.58. The number of fused-ring (bicyclic) bond motifs is 1. The monoisotopic (exact) mass is 568 g/mol. The van der Waals surface area contributed by atoms with Gasteiger partial charge >= 0.3 is 6.03 Å². The largest absolute Gasteiger partial charge is 0.383 e. The van der Waals surface area contributed by atoms with E-state index in [1.54, 1.807) is 7.11 Å². The van der Waals surface area contributed by atoms with Crippen LogP contribution < -0.4 is 16.0 Å². The van der Waals surface area contributed by atoms with Crippen LogP contribution in [0.1, 0.15) is 16.7 Å². The Bertz CT molecular complexity index is 1200. The van der Waals surface area contributed by atoms with Gasteiger partial charge in [0.15, 0.2) is 0 Å². The van der Waals surface area contributed by atoms with Crippen LogP contribution in [0.2, 0.25) is 0 Å². The van der Waals surface area contributed by atoms with Gasteiger partial charge in [-0.05, 0) is 58.5 Å². The van der Waals surface area contributed by atoms with Crippen molar-refractivity contribution in [1.82, 2.24) is 5.32 Å². The van der Waals surface area contributed by atoms with Gasteiger partial charge < -0.3 is 20.7 Å². The minimum atomic E-state index is -0.563. The molecule has 3 N–H and O–H groups in total. The molecular weight excluding hydrogens is 543 g/mol. The third-order valence-corrected chi connectivity index (χ3v) is 6.03. The number of nitrogens with zero attached hydrogens (tertiary/aromatic N) is 1. The zero-order valence-corrected chi connectivity index (χ0v) is 20.8. The van der Waals surface area contributed by atoms with Crippen molar-refractivity contribution in [2.75, 3.05) is 30.9 Å². The lowest BCUT2D eigenvalue weighted by molar-refractivity contribution is -0.117. The van der Waals surface area contributed by atoms with Crippen LogP contribution in [-0.2, 0) is 16.0 Å². The van der Waals surface area contributed by atoms with Crippen LogP contribution >= 0.6 is 22.6 Å². The van der Waals surface area contributed by atoms with Crippen LogP contribution in [0.3, 0.4) is 0 Å². The quantitative estimate of drug-likeness (QED) is 0.291. The van der Waals surface area contributed by atoms with Crippen molar-refractivity contribution in [3.63, 3.8) is 0 Å². The van der Waals surface area contributed by atoms with E-state index in [0.717, 1.165) is 31.7 Å². The highest BCUT2D eigenvalue weighted by molar-refractivity contribution is 14.1. The average Bonchev–Trinajstić information content (AvgIpc) is 2.97. The van der Waals surface area contributed by atoms with E-state index in [1.165, 1.54) is 0 Å². The van der Waals surface area contributed by atoms with Gasteiger partial charge in [-0.1, -0.05) is 42.5 Å². The number of rotatable bonds is 7. The summed E-state index contributed by atoms with van der Waals surface area (Å²) in [4.78, 5) is 30.0. The standard InChI is InChI=1S/C26H25IN4O3/c1-34-14-13-28-26(33)29-20-10-7-18(8-11-20)24-21-16-19(27)9-12-22(21)31-25(32)23(30-24)15-17-5-3-2-4-6-17/h2-12,16,23H,13-15H2,1H3,(H,31,32)(H2,28,29,33). The molecule has 4 rings (SSSR count). The molecule has 174 valence electrons. The molecule has 0 aromatic heterocycles. The van der Waals surface area contributed by atoms with E-state index in [4.69, 9.17) is 9.73 Å². The second kappa shape index (κ2) is 11.3. The van der Waals surface area contributed by atoms with Gasteiger partial charge in [0.25, 0.3) is 0 Å². The molecule has 3 aromatic rings. The van der Waals surface area contributed by atoms with Gasteiger partial charge in [-0.2, -0.15) is 0 Å². The Morgan fingerprint density at radius 1 is 1.09 bits per heavy atom. The summed E-state index contributed by atoms with van der Waals surface area (Å²) in [5.41, 5.74) is 4.91. The number of urea groups is 1. The Morgan fingerprint density at radius 2 is 1.85 bits per heavy atom. The van der Waals surface area contributed by atoms with E-state index in [0.29, 0.717) is 25.3 Å². The lowest BCUT2D eigenvalue weighted by Gasteiger charge is -2.12.